The van der Waals surface area contributed by atoms with Crippen molar-refractivity contribution in [3.63, 3.8) is 0 Å². The van der Waals surface area contributed by atoms with E-state index < -0.39 is 12.0 Å². The van der Waals surface area contributed by atoms with E-state index in [2.05, 4.69) is 15.3 Å². The van der Waals surface area contributed by atoms with Crippen molar-refractivity contribution in [1.29, 1.82) is 0 Å². The Hall–Kier alpha value is -3.36. The number of nitrogens with one attached hydrogen (secondary N) is 1. The van der Waals surface area contributed by atoms with Crippen molar-refractivity contribution in [3.8, 4) is 5.75 Å². The zero-order chi connectivity index (χ0) is 21.0. The summed E-state index contributed by atoms with van der Waals surface area (Å²) in [6.07, 6.45) is -4.65. The van der Waals surface area contributed by atoms with Crippen LogP contribution in [0.15, 0.2) is 48.5 Å². The second-order valence-electron chi connectivity index (χ2n) is 6.49. The number of likely N-dealkylation sites (N-methyl/N-ethyl adjacent to an activating group) is 1. The fourth-order valence-corrected chi connectivity index (χ4v) is 2.54. The largest absolute Gasteiger partial charge is 0.484 e. The van der Waals surface area contributed by atoms with Crippen LogP contribution >= 0.6 is 0 Å². The van der Waals surface area contributed by atoms with E-state index >= 15 is 0 Å². The molecule has 9 heteroatoms. The fourth-order valence-electron chi connectivity index (χ4n) is 2.54. The van der Waals surface area contributed by atoms with Gasteiger partial charge in [0.25, 0.3) is 5.91 Å². The van der Waals surface area contributed by atoms with Gasteiger partial charge in [0.2, 0.25) is 5.82 Å². The van der Waals surface area contributed by atoms with Gasteiger partial charge in [-0.3, -0.25) is 4.79 Å². The molecule has 0 aliphatic carbocycles. The number of fused-ring (bicyclic) bond motifs is 1. The molecule has 0 fully saturated rings. The summed E-state index contributed by atoms with van der Waals surface area (Å²) in [7, 11) is 3.26. The highest BCUT2D eigenvalue weighted by molar-refractivity contribution is 5.89. The standard InChI is InChI=1S/C20H19F3N4O2/c1-27(2)17(28)12-29-14-7-5-6-13(10-14)11-24-18-15-8-3-4-9-16(15)25-19(26-18)20(21,22)23/h3-10H,11-12H2,1-2H3,(H,24,25,26). The lowest BCUT2D eigenvalue weighted by molar-refractivity contribution is -0.144. The molecule has 1 aromatic heterocycles. The Kier molecular flexibility index (Phi) is 5.86. The van der Waals surface area contributed by atoms with E-state index in [-0.39, 0.29) is 30.4 Å². The minimum Gasteiger partial charge on any atom is -0.484 e. The number of amides is 1. The van der Waals surface area contributed by atoms with Crippen LogP contribution in [0.3, 0.4) is 0 Å². The summed E-state index contributed by atoms with van der Waals surface area (Å²) >= 11 is 0. The molecule has 29 heavy (non-hydrogen) atoms. The van der Waals surface area contributed by atoms with Crippen LogP contribution in [-0.2, 0) is 17.5 Å². The van der Waals surface area contributed by atoms with E-state index in [9.17, 15) is 18.0 Å². The molecule has 2 aromatic carbocycles. The summed E-state index contributed by atoms with van der Waals surface area (Å²) < 4.78 is 44.8. The number of anilines is 1. The van der Waals surface area contributed by atoms with Gasteiger partial charge in [0.15, 0.2) is 6.61 Å². The molecule has 3 aromatic rings. The third-order valence-electron chi connectivity index (χ3n) is 4.08. The maximum atomic E-state index is 13.1. The summed E-state index contributed by atoms with van der Waals surface area (Å²) in [5, 5.41) is 3.44. The molecule has 0 aliphatic heterocycles. The molecule has 0 aliphatic rings. The monoisotopic (exact) mass is 404 g/mol. The van der Waals surface area contributed by atoms with Crippen molar-refractivity contribution in [2.24, 2.45) is 0 Å². The minimum absolute atomic E-state index is 0.0945. The predicted molar refractivity (Wildman–Crippen MR) is 102 cm³/mol. The van der Waals surface area contributed by atoms with Crippen molar-refractivity contribution in [1.82, 2.24) is 14.9 Å². The topological polar surface area (TPSA) is 67.3 Å². The Morgan fingerprint density at radius 2 is 1.86 bits per heavy atom. The molecule has 1 amide bonds. The molecule has 0 saturated heterocycles. The zero-order valence-electron chi connectivity index (χ0n) is 15.8. The van der Waals surface area contributed by atoms with Crippen LogP contribution in [-0.4, -0.2) is 41.5 Å². The van der Waals surface area contributed by atoms with Crippen molar-refractivity contribution < 1.29 is 22.7 Å². The lowest BCUT2D eigenvalue weighted by Gasteiger charge is -2.14. The van der Waals surface area contributed by atoms with Gasteiger partial charge in [0.1, 0.15) is 11.6 Å². The van der Waals surface area contributed by atoms with Gasteiger partial charge in [0, 0.05) is 26.0 Å². The first-order valence-electron chi connectivity index (χ1n) is 8.74. The molecule has 0 spiro atoms. The van der Waals surface area contributed by atoms with E-state index in [0.29, 0.717) is 11.1 Å². The SMILES string of the molecule is CN(C)C(=O)COc1cccc(CNc2nc(C(F)(F)F)nc3ccccc23)c1. The molecule has 0 unspecified atom stereocenters. The Bertz CT molecular complexity index is 1020. The molecule has 1 heterocycles. The highest BCUT2D eigenvalue weighted by atomic mass is 19.4. The molecule has 6 nitrogen and oxygen atoms in total. The second kappa shape index (κ2) is 8.34. The third kappa shape index (κ3) is 5.13. The van der Waals surface area contributed by atoms with Crippen molar-refractivity contribution >= 4 is 22.6 Å². The van der Waals surface area contributed by atoms with Crippen LogP contribution < -0.4 is 10.1 Å². The van der Waals surface area contributed by atoms with Gasteiger partial charge in [-0.1, -0.05) is 24.3 Å². The van der Waals surface area contributed by atoms with E-state index in [0.717, 1.165) is 5.56 Å². The van der Waals surface area contributed by atoms with Crippen LogP contribution in [0, 0.1) is 0 Å². The molecule has 0 saturated carbocycles. The number of aromatic nitrogens is 2. The molecule has 1 N–H and O–H groups in total. The van der Waals surface area contributed by atoms with Gasteiger partial charge < -0.3 is 15.0 Å². The number of carbonyl (C=O) groups excluding carboxylic acids is 1. The predicted octanol–water partition coefficient (Wildman–Crippen LogP) is 3.73. The molecule has 0 atom stereocenters. The van der Waals surface area contributed by atoms with Gasteiger partial charge in [-0.05, 0) is 29.8 Å². The lowest BCUT2D eigenvalue weighted by Crippen LogP contribution is -2.27. The summed E-state index contributed by atoms with van der Waals surface area (Å²) in [5.74, 6) is -0.793. The van der Waals surface area contributed by atoms with Gasteiger partial charge in [-0.2, -0.15) is 13.2 Å². The van der Waals surface area contributed by atoms with Gasteiger partial charge in [0.05, 0.1) is 5.52 Å². The van der Waals surface area contributed by atoms with Crippen LogP contribution in [0.4, 0.5) is 19.0 Å². The molecule has 3 rings (SSSR count). The van der Waals surface area contributed by atoms with Crippen LogP contribution in [0.1, 0.15) is 11.4 Å². The number of para-hydroxylation sites is 1. The fraction of sp³-hybridized carbons (Fsp3) is 0.250. The number of alkyl halides is 3. The van der Waals surface area contributed by atoms with E-state index in [1.807, 2.05) is 0 Å². The summed E-state index contributed by atoms with van der Waals surface area (Å²) in [4.78, 5) is 20.3. The first kappa shape index (κ1) is 20.4. The Balaban J connectivity index is 1.78. The number of carbonyl (C=O) groups is 1. The number of hydrogen-bond acceptors (Lipinski definition) is 5. The Morgan fingerprint density at radius 1 is 1.10 bits per heavy atom. The highest BCUT2D eigenvalue weighted by Gasteiger charge is 2.35. The summed E-state index contributed by atoms with van der Waals surface area (Å²) in [6, 6.07) is 13.4. The quantitative estimate of drug-likeness (QED) is 0.678. The zero-order valence-corrected chi connectivity index (χ0v) is 15.8. The Morgan fingerprint density at radius 3 is 2.59 bits per heavy atom. The van der Waals surface area contributed by atoms with Gasteiger partial charge in [-0.15, -0.1) is 0 Å². The maximum absolute atomic E-state index is 13.1. The lowest BCUT2D eigenvalue weighted by atomic mass is 10.2. The average Bonchev–Trinajstić information content (AvgIpc) is 2.69. The third-order valence-corrected chi connectivity index (χ3v) is 4.08. The molecule has 0 bridgehead atoms. The van der Waals surface area contributed by atoms with Crippen molar-refractivity contribution in [3.05, 3.63) is 59.9 Å². The second-order valence-corrected chi connectivity index (χ2v) is 6.49. The first-order valence-corrected chi connectivity index (χ1v) is 8.74. The van der Waals surface area contributed by atoms with Crippen molar-refractivity contribution in [2.45, 2.75) is 12.7 Å². The molecular formula is C20H19F3N4O2. The number of benzene rings is 2. The van der Waals surface area contributed by atoms with Crippen LogP contribution in [0.2, 0.25) is 0 Å². The molecular weight excluding hydrogens is 385 g/mol. The van der Waals surface area contributed by atoms with Crippen LogP contribution in [0.25, 0.3) is 10.9 Å². The van der Waals surface area contributed by atoms with E-state index in [1.165, 1.54) is 11.0 Å². The van der Waals surface area contributed by atoms with E-state index in [1.54, 1.807) is 56.6 Å². The maximum Gasteiger partial charge on any atom is 0.451 e. The smallest absolute Gasteiger partial charge is 0.451 e. The minimum atomic E-state index is -4.65. The van der Waals surface area contributed by atoms with Crippen LogP contribution in [0.5, 0.6) is 5.75 Å². The summed E-state index contributed by atoms with van der Waals surface area (Å²) in [5.41, 5.74) is 0.965. The number of halogens is 3. The van der Waals surface area contributed by atoms with E-state index in [4.69, 9.17) is 4.74 Å². The number of ether oxygens (including phenoxy) is 1. The highest BCUT2D eigenvalue weighted by Crippen LogP contribution is 2.30. The number of rotatable bonds is 6. The first-order chi connectivity index (χ1) is 13.7. The number of hydrogen-bond donors (Lipinski definition) is 1. The average molecular weight is 404 g/mol. The summed E-state index contributed by atoms with van der Waals surface area (Å²) in [6.45, 7) is 0.118. The van der Waals surface area contributed by atoms with Gasteiger partial charge in [-0.25, -0.2) is 9.97 Å². The van der Waals surface area contributed by atoms with Crippen molar-refractivity contribution in [2.75, 3.05) is 26.0 Å². The Labute approximate surface area is 165 Å². The number of nitrogens with zero attached hydrogens (tertiary/aromatic N) is 3. The molecule has 0 radical (unpaired) electrons. The molecule has 152 valence electrons. The normalized spacial score (nSPS) is 11.3. The van der Waals surface area contributed by atoms with Gasteiger partial charge >= 0.3 is 6.18 Å².